The van der Waals surface area contributed by atoms with Crippen molar-refractivity contribution in [1.29, 1.82) is 0 Å². The minimum atomic E-state index is -3.76. The summed E-state index contributed by atoms with van der Waals surface area (Å²) < 4.78 is 37.5. The monoisotopic (exact) mass is 462 g/mol. The molecule has 1 saturated heterocycles. The first-order valence-electron chi connectivity index (χ1n) is 9.33. The molecule has 0 bridgehead atoms. The molecule has 0 aliphatic carbocycles. The normalized spacial score (nSPS) is 14.6. The van der Waals surface area contributed by atoms with Crippen LogP contribution in [0.1, 0.15) is 12.8 Å². The number of nitro groups is 1. The van der Waals surface area contributed by atoms with E-state index in [-0.39, 0.29) is 26.6 Å². The summed E-state index contributed by atoms with van der Waals surface area (Å²) in [5.74, 6) is 0.929. The summed E-state index contributed by atoms with van der Waals surface area (Å²) >= 11 is 0.902. The van der Waals surface area contributed by atoms with E-state index < -0.39 is 14.9 Å². The number of hydrogen-bond donors (Lipinski definition) is 0. The molecule has 4 rings (SSSR count). The number of nitrogens with zero attached hydrogens (tertiary/aromatic N) is 4. The highest BCUT2D eigenvalue weighted by Gasteiger charge is 2.30. The van der Waals surface area contributed by atoms with Gasteiger partial charge in [0.25, 0.3) is 10.9 Å². The third-order valence-electron chi connectivity index (χ3n) is 4.77. The molecule has 0 radical (unpaired) electrons. The maximum atomic E-state index is 12.7. The highest BCUT2D eigenvalue weighted by molar-refractivity contribution is 7.99. The molecule has 0 N–H and O–H groups in total. The molecule has 2 heterocycles. The first kappa shape index (κ1) is 21.3. The van der Waals surface area contributed by atoms with Crippen molar-refractivity contribution in [2.24, 2.45) is 0 Å². The Hall–Kier alpha value is -2.96. The van der Waals surface area contributed by atoms with Gasteiger partial charge in [0.1, 0.15) is 5.75 Å². The van der Waals surface area contributed by atoms with E-state index in [9.17, 15) is 18.5 Å². The highest BCUT2D eigenvalue weighted by atomic mass is 32.2. The lowest BCUT2D eigenvalue weighted by atomic mass is 10.2. The molecule has 0 atom stereocenters. The molecule has 1 aliphatic heterocycles. The molecule has 1 aliphatic rings. The zero-order valence-corrected chi connectivity index (χ0v) is 18.1. The van der Waals surface area contributed by atoms with Crippen molar-refractivity contribution in [3.05, 3.63) is 52.6 Å². The van der Waals surface area contributed by atoms with E-state index in [2.05, 4.69) is 10.2 Å². The number of rotatable bonds is 7. The molecule has 162 valence electrons. The van der Waals surface area contributed by atoms with E-state index in [0.717, 1.165) is 30.7 Å². The molecule has 1 fully saturated rings. The Labute approximate surface area is 182 Å². The van der Waals surface area contributed by atoms with Crippen LogP contribution in [0.5, 0.6) is 5.75 Å². The molecule has 31 heavy (non-hydrogen) atoms. The van der Waals surface area contributed by atoms with Crippen LogP contribution in [0.15, 0.2) is 61.9 Å². The second-order valence-electron chi connectivity index (χ2n) is 6.70. The van der Waals surface area contributed by atoms with Gasteiger partial charge >= 0.3 is 0 Å². The topological polar surface area (TPSA) is 129 Å². The van der Waals surface area contributed by atoms with Crippen molar-refractivity contribution in [2.75, 3.05) is 20.2 Å². The fourth-order valence-corrected chi connectivity index (χ4v) is 5.46. The Morgan fingerprint density at radius 2 is 1.84 bits per heavy atom. The summed E-state index contributed by atoms with van der Waals surface area (Å²) in [5, 5.41) is 19.6. The Kier molecular flexibility index (Phi) is 5.94. The second kappa shape index (κ2) is 8.65. The van der Waals surface area contributed by atoms with Crippen LogP contribution < -0.4 is 4.74 Å². The van der Waals surface area contributed by atoms with Crippen molar-refractivity contribution in [1.82, 2.24) is 14.5 Å². The van der Waals surface area contributed by atoms with Crippen molar-refractivity contribution in [2.45, 2.75) is 27.9 Å². The van der Waals surface area contributed by atoms with Gasteiger partial charge < -0.3 is 9.15 Å². The second-order valence-corrected chi connectivity index (χ2v) is 9.63. The Balaban J connectivity index is 1.60. The van der Waals surface area contributed by atoms with Gasteiger partial charge in [-0.25, -0.2) is 8.42 Å². The van der Waals surface area contributed by atoms with Gasteiger partial charge in [-0.3, -0.25) is 10.1 Å². The largest absolute Gasteiger partial charge is 0.497 e. The fraction of sp³-hybridized carbons (Fsp3) is 0.263. The molecule has 0 saturated carbocycles. The SMILES string of the molecule is COc1ccc(-c2nnc(Sc3ccc(S(=O)(=O)N4CCCC4)cc3[N+](=O)[O-])o2)cc1. The van der Waals surface area contributed by atoms with Gasteiger partial charge in [0.15, 0.2) is 0 Å². The summed E-state index contributed by atoms with van der Waals surface area (Å²) in [6.45, 7) is 0.839. The first-order chi connectivity index (χ1) is 14.9. The van der Waals surface area contributed by atoms with E-state index in [0.29, 0.717) is 24.4 Å². The Morgan fingerprint density at radius 3 is 2.48 bits per heavy atom. The number of sulfonamides is 1. The summed E-state index contributed by atoms with van der Waals surface area (Å²) in [5.41, 5.74) is 0.330. The van der Waals surface area contributed by atoms with Gasteiger partial charge in [0.05, 0.1) is 21.8 Å². The van der Waals surface area contributed by atoms with Gasteiger partial charge in [-0.15, -0.1) is 10.2 Å². The van der Waals surface area contributed by atoms with Gasteiger partial charge in [-0.05, 0) is 61.0 Å². The minimum absolute atomic E-state index is 0.101. The molecule has 12 heteroatoms. The molecule has 2 aromatic carbocycles. The van der Waals surface area contributed by atoms with Crippen LogP contribution in [0.25, 0.3) is 11.5 Å². The van der Waals surface area contributed by atoms with Crippen LogP contribution in [-0.4, -0.2) is 48.0 Å². The number of ether oxygens (including phenoxy) is 1. The molecule has 0 amide bonds. The quantitative estimate of drug-likeness (QED) is 0.382. The van der Waals surface area contributed by atoms with Crippen LogP contribution in [-0.2, 0) is 10.0 Å². The maximum Gasteiger partial charge on any atom is 0.284 e. The van der Waals surface area contributed by atoms with Crippen molar-refractivity contribution in [3.8, 4) is 17.2 Å². The van der Waals surface area contributed by atoms with Crippen molar-refractivity contribution >= 4 is 27.5 Å². The third-order valence-corrected chi connectivity index (χ3v) is 7.57. The van der Waals surface area contributed by atoms with E-state index >= 15 is 0 Å². The summed E-state index contributed by atoms with van der Waals surface area (Å²) in [4.78, 5) is 11.1. The zero-order chi connectivity index (χ0) is 22.0. The molecule has 0 spiro atoms. The molecule has 0 unspecified atom stereocenters. The van der Waals surface area contributed by atoms with Crippen LogP contribution in [0, 0.1) is 10.1 Å². The molecular formula is C19H18N4O6S2. The molecule has 1 aromatic heterocycles. The van der Waals surface area contributed by atoms with Gasteiger partial charge in [-0.2, -0.15) is 4.31 Å². The summed E-state index contributed by atoms with van der Waals surface area (Å²) in [6.07, 6.45) is 1.56. The minimum Gasteiger partial charge on any atom is -0.497 e. The third kappa shape index (κ3) is 4.40. The van der Waals surface area contributed by atoms with Crippen LogP contribution >= 0.6 is 11.8 Å². The van der Waals surface area contributed by atoms with Crippen LogP contribution in [0.2, 0.25) is 0 Å². The van der Waals surface area contributed by atoms with Gasteiger partial charge in [0.2, 0.25) is 15.9 Å². The Morgan fingerprint density at radius 1 is 1.13 bits per heavy atom. The standard InChI is InChI=1S/C19H18N4O6S2/c1-28-14-6-4-13(5-7-14)18-20-21-19(29-18)30-17-9-8-15(12-16(17)23(24)25)31(26,27)22-10-2-3-11-22/h4-9,12H,2-3,10-11H2,1H3. The number of aromatic nitrogens is 2. The number of benzene rings is 2. The fourth-order valence-electron chi connectivity index (χ4n) is 3.16. The average Bonchev–Trinajstić information content (AvgIpc) is 3.47. The van der Waals surface area contributed by atoms with E-state index in [4.69, 9.17) is 9.15 Å². The van der Waals surface area contributed by atoms with Crippen molar-refractivity contribution in [3.63, 3.8) is 0 Å². The summed E-state index contributed by atoms with van der Waals surface area (Å²) in [6, 6.07) is 10.8. The average molecular weight is 463 g/mol. The highest BCUT2D eigenvalue weighted by Crippen LogP contribution is 2.37. The number of nitro benzene ring substituents is 1. The molecule has 10 nitrogen and oxygen atoms in total. The zero-order valence-electron chi connectivity index (χ0n) is 16.4. The predicted molar refractivity (Wildman–Crippen MR) is 111 cm³/mol. The Bertz CT molecular complexity index is 1200. The van der Waals surface area contributed by atoms with E-state index in [1.165, 1.54) is 16.4 Å². The van der Waals surface area contributed by atoms with E-state index in [1.807, 2.05) is 0 Å². The number of hydrogen-bond acceptors (Lipinski definition) is 9. The van der Waals surface area contributed by atoms with Gasteiger partial charge in [-0.1, -0.05) is 0 Å². The molecule has 3 aromatic rings. The predicted octanol–water partition coefficient (Wildman–Crippen LogP) is 3.59. The molecular weight excluding hydrogens is 444 g/mol. The lowest BCUT2D eigenvalue weighted by Gasteiger charge is -2.15. The van der Waals surface area contributed by atoms with Crippen molar-refractivity contribution < 1.29 is 22.5 Å². The lowest BCUT2D eigenvalue weighted by Crippen LogP contribution is -2.27. The van der Waals surface area contributed by atoms with Crippen LogP contribution in [0.4, 0.5) is 5.69 Å². The van der Waals surface area contributed by atoms with Crippen LogP contribution in [0.3, 0.4) is 0 Å². The van der Waals surface area contributed by atoms with E-state index in [1.54, 1.807) is 31.4 Å². The summed E-state index contributed by atoms with van der Waals surface area (Å²) in [7, 11) is -2.20. The smallest absolute Gasteiger partial charge is 0.284 e. The number of methoxy groups -OCH3 is 1. The first-order valence-corrected chi connectivity index (χ1v) is 11.6. The maximum absolute atomic E-state index is 12.7. The lowest BCUT2D eigenvalue weighted by molar-refractivity contribution is -0.388. The van der Waals surface area contributed by atoms with Gasteiger partial charge in [0, 0.05) is 24.7 Å².